The van der Waals surface area contributed by atoms with E-state index >= 15 is 0 Å². The number of benzene rings is 1. The van der Waals surface area contributed by atoms with Gasteiger partial charge in [0.25, 0.3) is 0 Å². The summed E-state index contributed by atoms with van der Waals surface area (Å²) in [5.74, 6) is 0.621. The van der Waals surface area contributed by atoms with E-state index in [1.54, 1.807) is 25.3 Å². The molecule has 7 heteroatoms. The highest BCUT2D eigenvalue weighted by molar-refractivity contribution is 7.89. The minimum absolute atomic E-state index is 0.255. The molecule has 0 aliphatic heterocycles. The van der Waals surface area contributed by atoms with Crippen LogP contribution in [0.5, 0.6) is 5.75 Å². The maximum absolute atomic E-state index is 12.4. The van der Waals surface area contributed by atoms with Crippen molar-refractivity contribution < 1.29 is 13.2 Å². The molecular formula is C14H18N2O3S2. The number of methoxy groups -OCH3 is 1. The Bertz CT molecular complexity index is 682. The van der Waals surface area contributed by atoms with Gasteiger partial charge in [0.2, 0.25) is 10.0 Å². The van der Waals surface area contributed by atoms with Crippen molar-refractivity contribution in [2.75, 3.05) is 13.7 Å². The molecule has 0 amide bonds. The van der Waals surface area contributed by atoms with Crippen LogP contribution in [0.1, 0.15) is 10.4 Å². The molecule has 0 fully saturated rings. The highest BCUT2D eigenvalue weighted by Gasteiger charge is 2.18. The molecule has 0 aliphatic rings. The summed E-state index contributed by atoms with van der Waals surface area (Å²) in [4.78, 5) is 1.22. The molecule has 3 N–H and O–H groups in total. The topological polar surface area (TPSA) is 81.4 Å². The summed E-state index contributed by atoms with van der Waals surface area (Å²) in [7, 11) is -2.02. The Kier molecular flexibility index (Phi) is 5.35. The summed E-state index contributed by atoms with van der Waals surface area (Å²) in [6.07, 6.45) is 0.479. The van der Waals surface area contributed by atoms with Crippen LogP contribution >= 0.6 is 11.3 Å². The van der Waals surface area contributed by atoms with Crippen molar-refractivity contribution in [3.63, 3.8) is 0 Å². The van der Waals surface area contributed by atoms with Gasteiger partial charge in [-0.25, -0.2) is 13.1 Å². The van der Waals surface area contributed by atoms with Crippen molar-refractivity contribution in [3.8, 4) is 5.75 Å². The second-order valence-corrected chi connectivity index (χ2v) is 7.18. The fourth-order valence-electron chi connectivity index (χ4n) is 1.95. The Morgan fingerprint density at radius 3 is 2.76 bits per heavy atom. The highest BCUT2D eigenvalue weighted by Crippen LogP contribution is 2.22. The fraction of sp³-hybridized carbons (Fsp3) is 0.286. The van der Waals surface area contributed by atoms with E-state index < -0.39 is 10.0 Å². The van der Waals surface area contributed by atoms with Gasteiger partial charge in [0.1, 0.15) is 5.75 Å². The Labute approximate surface area is 128 Å². The average Bonchev–Trinajstić information content (AvgIpc) is 2.99. The van der Waals surface area contributed by atoms with E-state index in [1.165, 1.54) is 11.3 Å². The molecule has 0 aliphatic carbocycles. The lowest BCUT2D eigenvalue weighted by Crippen LogP contribution is -2.24. The van der Waals surface area contributed by atoms with E-state index in [9.17, 15) is 8.42 Å². The van der Waals surface area contributed by atoms with E-state index in [1.807, 2.05) is 17.5 Å². The zero-order chi connectivity index (χ0) is 15.3. The summed E-state index contributed by atoms with van der Waals surface area (Å²) in [5, 5.41) is 1.91. The maximum Gasteiger partial charge on any atom is 0.241 e. The first-order valence-electron chi connectivity index (χ1n) is 6.46. The number of thiophene rings is 1. The maximum atomic E-state index is 12.4. The normalized spacial score (nSPS) is 11.5. The Morgan fingerprint density at radius 2 is 2.14 bits per heavy atom. The molecule has 5 nitrogen and oxygen atoms in total. The van der Waals surface area contributed by atoms with Gasteiger partial charge in [-0.15, -0.1) is 11.3 Å². The quantitative estimate of drug-likeness (QED) is 0.812. The summed E-state index contributed by atoms with van der Waals surface area (Å²) >= 11 is 1.51. The molecule has 1 heterocycles. The van der Waals surface area contributed by atoms with E-state index in [-0.39, 0.29) is 11.4 Å². The van der Waals surface area contributed by atoms with Gasteiger partial charge >= 0.3 is 0 Å². The average molecular weight is 326 g/mol. The molecule has 21 heavy (non-hydrogen) atoms. The number of ether oxygens (including phenoxy) is 1. The summed E-state index contributed by atoms with van der Waals surface area (Å²) in [6, 6.07) is 8.69. The lowest BCUT2D eigenvalue weighted by atomic mass is 10.1. The summed E-state index contributed by atoms with van der Waals surface area (Å²) in [6.45, 7) is 0.661. The van der Waals surface area contributed by atoms with Crippen LogP contribution in [-0.4, -0.2) is 22.1 Å². The molecule has 1 aromatic carbocycles. The van der Waals surface area contributed by atoms with Crippen LogP contribution in [0.25, 0.3) is 0 Å². The number of sulfonamides is 1. The molecule has 1 aromatic heterocycles. The Morgan fingerprint density at radius 1 is 1.33 bits per heavy atom. The number of hydrogen-bond donors (Lipinski definition) is 2. The van der Waals surface area contributed by atoms with Gasteiger partial charge in [0.05, 0.1) is 12.0 Å². The van der Waals surface area contributed by atoms with Crippen LogP contribution in [0.15, 0.2) is 40.6 Å². The Hall–Kier alpha value is -1.41. The smallest absolute Gasteiger partial charge is 0.241 e. The van der Waals surface area contributed by atoms with E-state index in [0.29, 0.717) is 24.3 Å². The van der Waals surface area contributed by atoms with E-state index in [0.717, 1.165) is 4.88 Å². The highest BCUT2D eigenvalue weighted by atomic mass is 32.2. The number of nitrogens with one attached hydrogen (secondary N) is 1. The summed E-state index contributed by atoms with van der Waals surface area (Å²) < 4.78 is 32.6. The lowest BCUT2D eigenvalue weighted by molar-refractivity contribution is 0.413. The SMILES string of the molecule is COc1ccc(S(=O)(=O)NCc2cccs2)c(CCN)c1. The first-order chi connectivity index (χ1) is 10.1. The standard InChI is InChI=1S/C14H18N2O3S2/c1-19-12-4-5-14(11(9-12)6-7-15)21(17,18)16-10-13-3-2-8-20-13/h2-5,8-9,16H,6-7,10,15H2,1H3. The van der Waals surface area contributed by atoms with Crippen molar-refractivity contribution in [1.82, 2.24) is 4.72 Å². The van der Waals surface area contributed by atoms with Crippen molar-refractivity contribution in [3.05, 3.63) is 46.2 Å². The van der Waals surface area contributed by atoms with Crippen LogP contribution in [0.3, 0.4) is 0 Å². The lowest BCUT2D eigenvalue weighted by Gasteiger charge is -2.12. The zero-order valence-corrected chi connectivity index (χ0v) is 13.3. The van der Waals surface area contributed by atoms with Crippen molar-refractivity contribution in [1.29, 1.82) is 0 Å². The second-order valence-electron chi connectivity index (χ2n) is 4.42. The van der Waals surface area contributed by atoms with Gasteiger partial charge < -0.3 is 10.5 Å². The molecule has 0 spiro atoms. The van der Waals surface area contributed by atoms with Crippen LogP contribution in [0.4, 0.5) is 0 Å². The Balaban J connectivity index is 2.25. The minimum atomic E-state index is -3.57. The third-order valence-corrected chi connectivity index (χ3v) is 5.37. The van der Waals surface area contributed by atoms with Gasteiger partial charge in [-0.3, -0.25) is 0 Å². The molecule has 0 bridgehead atoms. The summed E-state index contributed by atoms with van der Waals surface area (Å²) in [5.41, 5.74) is 6.22. The number of hydrogen-bond acceptors (Lipinski definition) is 5. The molecule has 114 valence electrons. The first-order valence-corrected chi connectivity index (χ1v) is 8.82. The van der Waals surface area contributed by atoms with Crippen LogP contribution < -0.4 is 15.2 Å². The molecule has 0 atom stereocenters. The zero-order valence-electron chi connectivity index (χ0n) is 11.7. The molecule has 0 saturated heterocycles. The van der Waals surface area contributed by atoms with Gasteiger partial charge in [0.15, 0.2) is 0 Å². The van der Waals surface area contributed by atoms with Gasteiger partial charge in [0, 0.05) is 11.4 Å². The van der Waals surface area contributed by atoms with E-state index in [4.69, 9.17) is 10.5 Å². The van der Waals surface area contributed by atoms with Crippen LogP contribution in [-0.2, 0) is 23.0 Å². The molecule has 0 saturated carbocycles. The van der Waals surface area contributed by atoms with Crippen molar-refractivity contribution >= 4 is 21.4 Å². The minimum Gasteiger partial charge on any atom is -0.497 e. The molecule has 0 radical (unpaired) electrons. The molecular weight excluding hydrogens is 308 g/mol. The fourth-order valence-corrected chi connectivity index (χ4v) is 3.94. The van der Waals surface area contributed by atoms with E-state index in [2.05, 4.69) is 4.72 Å². The molecule has 2 rings (SSSR count). The van der Waals surface area contributed by atoms with Crippen LogP contribution in [0.2, 0.25) is 0 Å². The van der Waals surface area contributed by atoms with Gasteiger partial charge in [-0.2, -0.15) is 0 Å². The molecule has 0 unspecified atom stereocenters. The van der Waals surface area contributed by atoms with Crippen molar-refractivity contribution in [2.24, 2.45) is 5.73 Å². The van der Waals surface area contributed by atoms with Gasteiger partial charge in [-0.1, -0.05) is 6.07 Å². The monoisotopic (exact) mass is 326 g/mol. The second kappa shape index (κ2) is 7.04. The van der Waals surface area contributed by atoms with Crippen molar-refractivity contribution in [2.45, 2.75) is 17.9 Å². The van der Waals surface area contributed by atoms with Crippen LogP contribution in [0, 0.1) is 0 Å². The third-order valence-electron chi connectivity index (χ3n) is 2.99. The number of nitrogens with two attached hydrogens (primary N) is 1. The third kappa shape index (κ3) is 4.04. The molecule has 2 aromatic rings. The predicted molar refractivity (Wildman–Crippen MR) is 84.1 cm³/mol. The first kappa shape index (κ1) is 16.0. The predicted octanol–water partition coefficient (Wildman–Crippen LogP) is 1.74. The van der Waals surface area contributed by atoms with Gasteiger partial charge in [-0.05, 0) is 48.2 Å². The number of rotatable bonds is 7. The largest absolute Gasteiger partial charge is 0.497 e.